The zero-order valence-corrected chi connectivity index (χ0v) is 14.7. The third kappa shape index (κ3) is 4.47. The highest BCUT2D eigenvalue weighted by Gasteiger charge is 2.32. The first-order valence-corrected chi connectivity index (χ1v) is 8.96. The molecule has 0 spiro atoms. The van der Waals surface area contributed by atoms with Crippen LogP contribution in [0.2, 0.25) is 0 Å². The number of hydrogen-bond acceptors (Lipinski definition) is 3. The van der Waals surface area contributed by atoms with E-state index in [4.69, 9.17) is 0 Å². The van der Waals surface area contributed by atoms with Crippen molar-refractivity contribution in [3.05, 3.63) is 65.7 Å². The second-order valence-corrected chi connectivity index (χ2v) is 6.93. The number of piperidine rings is 1. The van der Waals surface area contributed by atoms with Crippen LogP contribution in [0.1, 0.15) is 37.3 Å². The second-order valence-electron chi connectivity index (χ2n) is 6.93. The van der Waals surface area contributed by atoms with E-state index >= 15 is 0 Å². The molecule has 132 valence electrons. The SMILES string of the molecule is C[C@@](O)(C(=O)Nc1ccc(CN2CCCCC2)cc1)c1ccccc1. The summed E-state index contributed by atoms with van der Waals surface area (Å²) in [6.07, 6.45) is 3.90. The Bertz CT molecular complexity index is 690. The normalized spacial score (nSPS) is 17.7. The number of likely N-dealkylation sites (tertiary alicyclic amines) is 1. The largest absolute Gasteiger partial charge is 0.376 e. The molecule has 25 heavy (non-hydrogen) atoms. The van der Waals surface area contributed by atoms with Crippen molar-refractivity contribution in [3.63, 3.8) is 0 Å². The Balaban J connectivity index is 1.61. The average molecular weight is 338 g/mol. The van der Waals surface area contributed by atoms with Crippen molar-refractivity contribution in [1.29, 1.82) is 0 Å². The quantitative estimate of drug-likeness (QED) is 0.877. The highest BCUT2D eigenvalue weighted by atomic mass is 16.3. The van der Waals surface area contributed by atoms with Crippen molar-refractivity contribution in [2.45, 2.75) is 38.3 Å². The van der Waals surface area contributed by atoms with Crippen molar-refractivity contribution < 1.29 is 9.90 Å². The molecule has 4 heteroatoms. The van der Waals surface area contributed by atoms with Gasteiger partial charge in [0.05, 0.1) is 0 Å². The van der Waals surface area contributed by atoms with Crippen LogP contribution < -0.4 is 5.32 Å². The van der Waals surface area contributed by atoms with Gasteiger partial charge in [0.25, 0.3) is 5.91 Å². The zero-order valence-electron chi connectivity index (χ0n) is 14.7. The Kier molecular flexibility index (Phi) is 5.51. The summed E-state index contributed by atoms with van der Waals surface area (Å²) in [7, 11) is 0. The molecule has 0 aliphatic carbocycles. The third-order valence-corrected chi connectivity index (χ3v) is 4.84. The number of carbonyl (C=O) groups is 1. The van der Waals surface area contributed by atoms with Crippen LogP contribution in [0.15, 0.2) is 54.6 Å². The molecule has 1 fully saturated rings. The van der Waals surface area contributed by atoms with E-state index in [0.29, 0.717) is 11.3 Å². The fraction of sp³-hybridized carbons (Fsp3) is 0.381. The second kappa shape index (κ2) is 7.81. The number of amides is 1. The van der Waals surface area contributed by atoms with Gasteiger partial charge < -0.3 is 10.4 Å². The van der Waals surface area contributed by atoms with E-state index in [9.17, 15) is 9.90 Å². The molecule has 1 aliphatic rings. The molecule has 0 radical (unpaired) electrons. The van der Waals surface area contributed by atoms with Gasteiger partial charge in [0.15, 0.2) is 5.60 Å². The highest BCUT2D eigenvalue weighted by Crippen LogP contribution is 2.23. The summed E-state index contributed by atoms with van der Waals surface area (Å²) in [4.78, 5) is 14.9. The fourth-order valence-corrected chi connectivity index (χ4v) is 3.22. The Labute approximate surface area is 149 Å². The standard InChI is InChI=1S/C21H26N2O2/c1-21(25,18-8-4-2-5-9-18)20(24)22-19-12-10-17(11-13-19)16-23-14-6-3-7-15-23/h2,4-5,8-13,25H,3,6-7,14-16H2,1H3,(H,22,24)/t21-/m0/s1. The van der Waals surface area contributed by atoms with Gasteiger partial charge in [0.1, 0.15) is 0 Å². The summed E-state index contributed by atoms with van der Waals surface area (Å²) in [5.41, 5.74) is 0.959. The molecule has 1 heterocycles. The molecule has 4 nitrogen and oxygen atoms in total. The van der Waals surface area contributed by atoms with Crippen LogP contribution in [-0.2, 0) is 16.9 Å². The summed E-state index contributed by atoms with van der Waals surface area (Å²) < 4.78 is 0. The Hall–Kier alpha value is -2.17. The molecule has 0 unspecified atom stereocenters. The lowest BCUT2D eigenvalue weighted by molar-refractivity contribution is -0.133. The van der Waals surface area contributed by atoms with E-state index in [0.717, 1.165) is 6.54 Å². The first kappa shape index (κ1) is 17.6. The molecule has 0 aromatic heterocycles. The lowest BCUT2D eigenvalue weighted by atomic mass is 9.95. The zero-order chi connectivity index (χ0) is 17.7. The van der Waals surface area contributed by atoms with Crippen LogP contribution in [0.25, 0.3) is 0 Å². The van der Waals surface area contributed by atoms with Crippen LogP contribution in [0, 0.1) is 0 Å². The molecule has 2 aromatic rings. The lowest BCUT2D eigenvalue weighted by Gasteiger charge is -2.26. The predicted molar refractivity (Wildman–Crippen MR) is 100 cm³/mol. The first-order valence-electron chi connectivity index (χ1n) is 8.96. The Morgan fingerprint density at radius 1 is 1.04 bits per heavy atom. The molecular formula is C21H26N2O2. The van der Waals surface area contributed by atoms with E-state index in [1.54, 1.807) is 12.1 Å². The van der Waals surface area contributed by atoms with Gasteiger partial charge in [-0.1, -0.05) is 48.9 Å². The molecule has 3 rings (SSSR count). The smallest absolute Gasteiger partial charge is 0.260 e. The minimum absolute atomic E-state index is 0.428. The van der Waals surface area contributed by atoms with E-state index in [2.05, 4.69) is 10.2 Å². The van der Waals surface area contributed by atoms with Crippen LogP contribution in [0.3, 0.4) is 0 Å². The van der Waals surface area contributed by atoms with Gasteiger partial charge in [-0.2, -0.15) is 0 Å². The molecular weight excluding hydrogens is 312 g/mol. The molecule has 1 aliphatic heterocycles. The third-order valence-electron chi connectivity index (χ3n) is 4.84. The number of nitrogens with one attached hydrogen (secondary N) is 1. The molecule has 0 bridgehead atoms. The van der Waals surface area contributed by atoms with Gasteiger partial charge >= 0.3 is 0 Å². The summed E-state index contributed by atoms with van der Waals surface area (Å²) in [6.45, 7) is 4.80. The number of benzene rings is 2. The topological polar surface area (TPSA) is 52.6 Å². The maximum absolute atomic E-state index is 12.5. The number of aliphatic hydroxyl groups is 1. The predicted octanol–water partition coefficient (Wildman–Crippen LogP) is 3.52. The minimum atomic E-state index is -1.56. The Morgan fingerprint density at radius 3 is 2.32 bits per heavy atom. The van der Waals surface area contributed by atoms with Gasteiger partial charge in [-0.3, -0.25) is 9.69 Å². The number of rotatable bonds is 5. The summed E-state index contributed by atoms with van der Waals surface area (Å²) in [5, 5.41) is 13.4. The van der Waals surface area contributed by atoms with E-state index in [1.807, 2.05) is 42.5 Å². The van der Waals surface area contributed by atoms with E-state index < -0.39 is 11.5 Å². The van der Waals surface area contributed by atoms with Gasteiger partial charge in [0.2, 0.25) is 0 Å². The van der Waals surface area contributed by atoms with Crippen molar-refractivity contribution in [3.8, 4) is 0 Å². The van der Waals surface area contributed by atoms with Crippen molar-refractivity contribution >= 4 is 11.6 Å². The number of carbonyl (C=O) groups excluding carboxylic acids is 1. The van der Waals surface area contributed by atoms with Gasteiger partial charge in [-0.25, -0.2) is 0 Å². The molecule has 1 amide bonds. The van der Waals surface area contributed by atoms with Crippen LogP contribution in [0.5, 0.6) is 0 Å². The fourth-order valence-electron chi connectivity index (χ4n) is 3.22. The van der Waals surface area contributed by atoms with E-state index in [-0.39, 0.29) is 0 Å². The molecule has 1 saturated heterocycles. The monoisotopic (exact) mass is 338 g/mol. The van der Waals surface area contributed by atoms with Crippen LogP contribution in [0.4, 0.5) is 5.69 Å². The summed E-state index contributed by atoms with van der Waals surface area (Å²) in [6, 6.07) is 16.9. The molecule has 2 aromatic carbocycles. The van der Waals surface area contributed by atoms with Crippen molar-refractivity contribution in [2.75, 3.05) is 18.4 Å². The number of hydrogen-bond donors (Lipinski definition) is 2. The highest BCUT2D eigenvalue weighted by molar-refractivity contribution is 5.97. The van der Waals surface area contributed by atoms with Crippen LogP contribution in [-0.4, -0.2) is 29.0 Å². The molecule has 2 N–H and O–H groups in total. The lowest BCUT2D eigenvalue weighted by Crippen LogP contribution is -2.37. The maximum atomic E-state index is 12.5. The van der Waals surface area contributed by atoms with Gasteiger partial charge in [-0.05, 0) is 56.1 Å². The van der Waals surface area contributed by atoms with E-state index in [1.165, 1.54) is 44.8 Å². The summed E-state index contributed by atoms with van der Waals surface area (Å²) >= 11 is 0. The van der Waals surface area contributed by atoms with Crippen molar-refractivity contribution in [2.24, 2.45) is 0 Å². The molecule has 1 atom stereocenters. The maximum Gasteiger partial charge on any atom is 0.260 e. The van der Waals surface area contributed by atoms with Gasteiger partial charge in [0, 0.05) is 12.2 Å². The molecule has 0 saturated carbocycles. The van der Waals surface area contributed by atoms with Crippen LogP contribution >= 0.6 is 0 Å². The van der Waals surface area contributed by atoms with Crippen molar-refractivity contribution in [1.82, 2.24) is 4.90 Å². The minimum Gasteiger partial charge on any atom is -0.376 e. The number of anilines is 1. The first-order chi connectivity index (χ1) is 12.1. The Morgan fingerprint density at radius 2 is 1.68 bits per heavy atom. The van der Waals surface area contributed by atoms with Gasteiger partial charge in [-0.15, -0.1) is 0 Å². The average Bonchev–Trinajstić information content (AvgIpc) is 2.65. The summed E-state index contributed by atoms with van der Waals surface area (Å²) in [5.74, 6) is -0.428. The number of nitrogens with zero attached hydrogens (tertiary/aromatic N) is 1.